The van der Waals surface area contributed by atoms with Gasteiger partial charge in [-0.1, -0.05) is 13.3 Å². The maximum Gasteiger partial charge on any atom is 0.169 e. The number of hydrogen-bond acceptors (Lipinski definition) is 3. The van der Waals surface area contributed by atoms with E-state index in [1.807, 2.05) is 0 Å². The summed E-state index contributed by atoms with van der Waals surface area (Å²) in [5.41, 5.74) is 0. The van der Waals surface area contributed by atoms with Crippen LogP contribution in [0.15, 0.2) is 16.6 Å². The topological polar surface area (TPSA) is 30.5 Å². The molecule has 1 aromatic rings. The molecule has 0 heterocycles. The van der Waals surface area contributed by atoms with Gasteiger partial charge >= 0.3 is 0 Å². The number of nitrogens with one attached hydrogen (secondary N) is 1. The van der Waals surface area contributed by atoms with Gasteiger partial charge in [-0.15, -0.1) is 0 Å². The van der Waals surface area contributed by atoms with E-state index in [-0.39, 0.29) is 10.2 Å². The van der Waals surface area contributed by atoms with Gasteiger partial charge in [-0.3, -0.25) is 0 Å². The van der Waals surface area contributed by atoms with Crippen molar-refractivity contribution in [2.45, 2.75) is 19.8 Å². The Morgan fingerprint density at radius 2 is 1.90 bits per heavy atom. The first-order chi connectivity index (χ1) is 9.65. The van der Waals surface area contributed by atoms with Crippen molar-refractivity contribution < 1.29 is 18.3 Å². The zero-order chi connectivity index (χ0) is 14.8. The summed E-state index contributed by atoms with van der Waals surface area (Å²) in [7, 11) is 0. The van der Waals surface area contributed by atoms with Crippen molar-refractivity contribution in [3.05, 3.63) is 28.2 Å². The molecule has 114 valence electrons. The molecule has 20 heavy (non-hydrogen) atoms. The molecule has 0 unspecified atom stereocenters. The third-order valence-corrected chi connectivity index (χ3v) is 3.14. The fourth-order valence-electron chi connectivity index (χ4n) is 1.51. The summed E-state index contributed by atoms with van der Waals surface area (Å²) in [5.74, 6) is -1.31. The second-order valence-corrected chi connectivity index (χ2v) is 5.12. The van der Waals surface area contributed by atoms with Crippen molar-refractivity contribution in [3.8, 4) is 5.75 Å². The maximum absolute atomic E-state index is 13.4. The number of benzene rings is 1. The Kier molecular flexibility index (Phi) is 8.73. The zero-order valence-electron chi connectivity index (χ0n) is 11.6. The van der Waals surface area contributed by atoms with Crippen molar-refractivity contribution in [2.24, 2.45) is 0 Å². The van der Waals surface area contributed by atoms with Crippen molar-refractivity contribution in [1.29, 1.82) is 0 Å². The molecule has 0 spiro atoms. The second kappa shape index (κ2) is 10.1. The molecular formula is C14H20BrF2NO2. The highest BCUT2D eigenvalue weighted by molar-refractivity contribution is 9.10. The van der Waals surface area contributed by atoms with E-state index in [1.54, 1.807) is 0 Å². The summed E-state index contributed by atoms with van der Waals surface area (Å²) in [6, 6.07) is 1.97. The lowest BCUT2D eigenvalue weighted by Crippen LogP contribution is -2.25. The van der Waals surface area contributed by atoms with E-state index < -0.39 is 11.6 Å². The summed E-state index contributed by atoms with van der Waals surface area (Å²) in [5, 5.41) is 3.12. The van der Waals surface area contributed by atoms with Crippen molar-refractivity contribution >= 4 is 15.9 Å². The second-order valence-electron chi connectivity index (χ2n) is 4.26. The van der Waals surface area contributed by atoms with Crippen LogP contribution in [0.2, 0.25) is 0 Å². The molecule has 3 nitrogen and oxygen atoms in total. The molecule has 0 amide bonds. The monoisotopic (exact) mass is 351 g/mol. The first-order valence-electron chi connectivity index (χ1n) is 6.71. The Morgan fingerprint density at radius 3 is 2.60 bits per heavy atom. The van der Waals surface area contributed by atoms with Crippen LogP contribution in [0, 0.1) is 11.6 Å². The Morgan fingerprint density at radius 1 is 1.15 bits per heavy atom. The fourth-order valence-corrected chi connectivity index (χ4v) is 2.03. The number of halogens is 3. The highest BCUT2D eigenvalue weighted by Crippen LogP contribution is 2.28. The molecule has 0 aliphatic carbocycles. The van der Waals surface area contributed by atoms with Crippen molar-refractivity contribution in [2.75, 3.05) is 32.9 Å². The van der Waals surface area contributed by atoms with Crippen LogP contribution in [0.4, 0.5) is 8.78 Å². The predicted octanol–water partition coefficient (Wildman–Crippen LogP) is 3.51. The van der Waals surface area contributed by atoms with Gasteiger partial charge in [-0.25, -0.2) is 8.78 Å². The largest absolute Gasteiger partial charge is 0.488 e. The maximum atomic E-state index is 13.4. The summed E-state index contributed by atoms with van der Waals surface area (Å²) < 4.78 is 37.2. The summed E-state index contributed by atoms with van der Waals surface area (Å²) in [6.45, 7) is 5.14. The number of ether oxygens (including phenoxy) is 2. The predicted molar refractivity (Wildman–Crippen MR) is 78.1 cm³/mol. The highest BCUT2D eigenvalue weighted by atomic mass is 79.9. The molecule has 0 saturated heterocycles. The fraction of sp³-hybridized carbons (Fsp3) is 0.571. The quantitative estimate of drug-likeness (QED) is 0.654. The van der Waals surface area contributed by atoms with Crippen LogP contribution < -0.4 is 10.1 Å². The van der Waals surface area contributed by atoms with Gasteiger partial charge in [0.1, 0.15) is 12.4 Å². The minimum atomic E-state index is -0.709. The van der Waals surface area contributed by atoms with E-state index in [2.05, 4.69) is 28.2 Å². The minimum absolute atomic E-state index is 0.0346. The van der Waals surface area contributed by atoms with Gasteiger partial charge in [-0.05, 0) is 28.4 Å². The van der Waals surface area contributed by atoms with Gasteiger partial charge in [-0.2, -0.15) is 0 Å². The average Bonchev–Trinajstić information content (AvgIpc) is 2.39. The van der Waals surface area contributed by atoms with E-state index in [0.717, 1.165) is 32.1 Å². The molecule has 0 aromatic heterocycles. The molecule has 0 aliphatic heterocycles. The molecule has 0 saturated carbocycles. The van der Waals surface area contributed by atoms with Crippen LogP contribution in [0.3, 0.4) is 0 Å². The molecule has 0 bridgehead atoms. The third kappa shape index (κ3) is 6.63. The molecule has 0 fully saturated rings. The van der Waals surface area contributed by atoms with E-state index in [9.17, 15) is 8.78 Å². The molecular weight excluding hydrogens is 332 g/mol. The number of unbranched alkanes of at least 4 members (excludes halogenated alkanes) is 1. The standard InChI is InChI=1S/C14H20BrF2NO2/c1-2-3-6-19-7-4-18-5-8-20-14-12(15)9-11(16)10-13(14)17/h9-10,18H,2-8H2,1H3. The van der Waals surface area contributed by atoms with Crippen LogP contribution in [0.5, 0.6) is 5.75 Å². The van der Waals surface area contributed by atoms with Crippen molar-refractivity contribution in [1.82, 2.24) is 5.32 Å². The lowest BCUT2D eigenvalue weighted by Gasteiger charge is -2.10. The summed E-state index contributed by atoms with van der Waals surface area (Å²) in [6.07, 6.45) is 2.19. The first-order valence-corrected chi connectivity index (χ1v) is 7.50. The molecule has 0 aliphatic rings. The highest BCUT2D eigenvalue weighted by Gasteiger charge is 2.10. The summed E-state index contributed by atoms with van der Waals surface area (Å²) in [4.78, 5) is 0. The number of rotatable bonds is 10. The minimum Gasteiger partial charge on any atom is -0.488 e. The van der Waals surface area contributed by atoms with Gasteiger partial charge in [0.25, 0.3) is 0 Å². The Bertz CT molecular complexity index is 382. The summed E-state index contributed by atoms with van der Waals surface area (Å²) >= 11 is 3.07. The van der Waals surface area contributed by atoms with Crippen LogP contribution in [-0.4, -0.2) is 32.9 Å². The smallest absolute Gasteiger partial charge is 0.169 e. The Hall–Kier alpha value is -0.720. The Balaban J connectivity index is 2.13. The van der Waals surface area contributed by atoms with Crippen LogP contribution >= 0.6 is 15.9 Å². The third-order valence-electron chi connectivity index (χ3n) is 2.55. The molecule has 1 rings (SSSR count). The van der Waals surface area contributed by atoms with Crippen LogP contribution in [-0.2, 0) is 4.74 Å². The SMILES string of the molecule is CCCCOCCNCCOc1c(F)cc(F)cc1Br. The van der Waals surface area contributed by atoms with Gasteiger partial charge in [0.2, 0.25) is 0 Å². The van der Waals surface area contributed by atoms with E-state index in [1.165, 1.54) is 6.07 Å². The van der Waals surface area contributed by atoms with Crippen LogP contribution in [0.25, 0.3) is 0 Å². The van der Waals surface area contributed by atoms with E-state index in [0.29, 0.717) is 19.8 Å². The zero-order valence-corrected chi connectivity index (χ0v) is 13.1. The molecule has 0 radical (unpaired) electrons. The average molecular weight is 352 g/mol. The van der Waals surface area contributed by atoms with E-state index in [4.69, 9.17) is 9.47 Å². The normalized spacial score (nSPS) is 10.8. The Labute approximate surface area is 126 Å². The van der Waals surface area contributed by atoms with E-state index >= 15 is 0 Å². The van der Waals surface area contributed by atoms with Gasteiger partial charge in [0.15, 0.2) is 11.6 Å². The molecule has 1 aromatic carbocycles. The first kappa shape index (κ1) is 17.3. The lowest BCUT2D eigenvalue weighted by molar-refractivity contribution is 0.132. The van der Waals surface area contributed by atoms with Crippen molar-refractivity contribution in [3.63, 3.8) is 0 Å². The molecule has 0 atom stereocenters. The van der Waals surface area contributed by atoms with Gasteiger partial charge < -0.3 is 14.8 Å². The molecule has 1 N–H and O–H groups in total. The van der Waals surface area contributed by atoms with Crippen LogP contribution in [0.1, 0.15) is 19.8 Å². The van der Waals surface area contributed by atoms with Gasteiger partial charge in [0, 0.05) is 25.8 Å². The van der Waals surface area contributed by atoms with Gasteiger partial charge in [0.05, 0.1) is 11.1 Å². The lowest BCUT2D eigenvalue weighted by atomic mass is 10.3. The number of hydrogen-bond donors (Lipinski definition) is 1. The molecule has 6 heteroatoms.